The van der Waals surface area contributed by atoms with Gasteiger partial charge in [0.2, 0.25) is 0 Å². The van der Waals surface area contributed by atoms with E-state index in [9.17, 15) is 0 Å². The Kier molecular flexibility index (Phi) is 1.83. The Morgan fingerprint density at radius 2 is 1.85 bits per heavy atom. The van der Waals surface area contributed by atoms with Gasteiger partial charge >= 0.3 is 0 Å². The lowest BCUT2D eigenvalue weighted by atomic mass is 10.2. The van der Waals surface area contributed by atoms with Crippen LogP contribution in [0, 0.1) is 11.8 Å². The van der Waals surface area contributed by atoms with Crippen LogP contribution in [0.25, 0.3) is 0 Å². The fraction of sp³-hybridized carbons (Fsp3) is 0.818. The van der Waals surface area contributed by atoms with Gasteiger partial charge in [-0.2, -0.15) is 0 Å². The van der Waals surface area contributed by atoms with Crippen LogP contribution < -0.4 is 0 Å². The van der Waals surface area contributed by atoms with Crippen molar-refractivity contribution in [3.63, 3.8) is 0 Å². The van der Waals surface area contributed by atoms with Crippen molar-refractivity contribution in [3.8, 4) is 0 Å². The van der Waals surface area contributed by atoms with E-state index >= 15 is 0 Å². The highest BCUT2D eigenvalue weighted by Gasteiger charge is 2.45. The normalized spacial score (nSPS) is 31.5. The van der Waals surface area contributed by atoms with Crippen molar-refractivity contribution < 1.29 is 4.74 Å². The predicted molar refractivity (Wildman–Crippen MR) is 53.1 cm³/mol. The third-order valence-corrected chi connectivity index (χ3v) is 2.76. The molecule has 0 spiro atoms. The fourth-order valence-corrected chi connectivity index (χ4v) is 2.02. The van der Waals surface area contributed by atoms with Gasteiger partial charge < -0.3 is 9.64 Å². The summed E-state index contributed by atoms with van der Waals surface area (Å²) in [6.45, 7) is 12.5. The maximum absolute atomic E-state index is 5.72. The summed E-state index contributed by atoms with van der Waals surface area (Å²) in [6.07, 6.45) is 1.43. The van der Waals surface area contributed by atoms with Gasteiger partial charge in [-0.25, -0.2) is 0 Å². The average molecular weight is 181 g/mol. The van der Waals surface area contributed by atoms with Gasteiger partial charge in [-0.15, -0.1) is 0 Å². The zero-order chi connectivity index (χ0) is 9.64. The summed E-state index contributed by atoms with van der Waals surface area (Å²) < 4.78 is 5.72. The van der Waals surface area contributed by atoms with Crippen molar-refractivity contribution in [1.82, 2.24) is 4.90 Å². The summed E-state index contributed by atoms with van der Waals surface area (Å²) in [7, 11) is 0. The Hall–Kier alpha value is -0.660. The third kappa shape index (κ3) is 1.98. The lowest BCUT2D eigenvalue weighted by Gasteiger charge is -2.29. The van der Waals surface area contributed by atoms with Gasteiger partial charge in [-0.3, -0.25) is 0 Å². The van der Waals surface area contributed by atoms with Crippen LogP contribution >= 0.6 is 0 Å². The molecule has 2 heteroatoms. The first-order valence-electron chi connectivity index (χ1n) is 5.08. The molecule has 0 bridgehead atoms. The third-order valence-electron chi connectivity index (χ3n) is 2.76. The molecule has 0 radical (unpaired) electrons. The molecule has 1 saturated carbocycles. The number of likely N-dealkylation sites (tertiary alicyclic amines) is 1. The SMILES string of the molecule is C=C(OC(C)(C)C)N1CC2CC2C1. The molecular weight excluding hydrogens is 162 g/mol. The van der Waals surface area contributed by atoms with E-state index in [1.165, 1.54) is 19.5 Å². The molecule has 2 fully saturated rings. The Bertz CT molecular complexity index is 219. The molecule has 0 aromatic heterocycles. The van der Waals surface area contributed by atoms with Gasteiger partial charge in [0.15, 0.2) is 5.88 Å². The van der Waals surface area contributed by atoms with Crippen molar-refractivity contribution in [1.29, 1.82) is 0 Å². The zero-order valence-corrected chi connectivity index (χ0v) is 8.84. The molecule has 1 aliphatic heterocycles. The second kappa shape index (κ2) is 2.66. The highest BCUT2D eigenvalue weighted by atomic mass is 16.5. The largest absolute Gasteiger partial charge is 0.474 e. The molecular formula is C11H19NO. The van der Waals surface area contributed by atoms with Crippen LogP contribution in [-0.4, -0.2) is 23.6 Å². The first kappa shape index (κ1) is 8.92. The highest BCUT2D eigenvalue weighted by molar-refractivity contribution is 5.03. The van der Waals surface area contributed by atoms with E-state index < -0.39 is 0 Å². The Morgan fingerprint density at radius 3 is 2.31 bits per heavy atom. The van der Waals surface area contributed by atoms with Crippen LogP contribution in [0.15, 0.2) is 12.5 Å². The molecule has 1 saturated heterocycles. The molecule has 13 heavy (non-hydrogen) atoms. The van der Waals surface area contributed by atoms with Crippen molar-refractivity contribution in [2.45, 2.75) is 32.8 Å². The summed E-state index contributed by atoms with van der Waals surface area (Å²) >= 11 is 0. The predicted octanol–water partition coefficient (Wildman–Crippen LogP) is 2.22. The lowest BCUT2D eigenvalue weighted by Crippen LogP contribution is -2.29. The minimum absolute atomic E-state index is 0.107. The van der Waals surface area contributed by atoms with Crippen molar-refractivity contribution in [2.75, 3.05) is 13.1 Å². The quantitative estimate of drug-likeness (QED) is 0.606. The topological polar surface area (TPSA) is 12.5 Å². The second-order valence-electron chi connectivity index (χ2n) is 5.27. The van der Waals surface area contributed by atoms with E-state index in [0.717, 1.165) is 17.7 Å². The highest BCUT2D eigenvalue weighted by Crippen LogP contribution is 2.46. The maximum atomic E-state index is 5.72. The number of hydrogen-bond donors (Lipinski definition) is 0. The van der Waals surface area contributed by atoms with Gasteiger partial charge in [0.1, 0.15) is 5.60 Å². The molecule has 1 heterocycles. The first-order chi connectivity index (χ1) is 5.96. The van der Waals surface area contributed by atoms with E-state index in [1.54, 1.807) is 0 Å². The van der Waals surface area contributed by atoms with Gasteiger partial charge in [0.25, 0.3) is 0 Å². The van der Waals surface area contributed by atoms with Crippen LogP contribution in [-0.2, 0) is 4.74 Å². The molecule has 0 N–H and O–H groups in total. The molecule has 2 aliphatic rings. The van der Waals surface area contributed by atoms with E-state index in [0.29, 0.717) is 0 Å². The van der Waals surface area contributed by atoms with E-state index in [2.05, 4.69) is 32.3 Å². The van der Waals surface area contributed by atoms with Gasteiger partial charge in [-0.05, 0) is 45.6 Å². The van der Waals surface area contributed by atoms with Crippen molar-refractivity contribution in [3.05, 3.63) is 12.5 Å². The Labute approximate surface area is 80.6 Å². The van der Waals surface area contributed by atoms with Crippen LogP contribution in [0.2, 0.25) is 0 Å². The average Bonchev–Trinajstić information content (AvgIpc) is 2.55. The van der Waals surface area contributed by atoms with Crippen LogP contribution in [0.5, 0.6) is 0 Å². The number of nitrogens with zero attached hydrogens (tertiary/aromatic N) is 1. The lowest BCUT2D eigenvalue weighted by molar-refractivity contribution is 0.00613. The second-order valence-corrected chi connectivity index (χ2v) is 5.27. The van der Waals surface area contributed by atoms with Crippen LogP contribution in [0.4, 0.5) is 0 Å². The van der Waals surface area contributed by atoms with Gasteiger partial charge in [0.05, 0.1) is 0 Å². The Balaban J connectivity index is 1.84. The monoisotopic (exact) mass is 181 g/mol. The Morgan fingerprint density at radius 1 is 1.31 bits per heavy atom. The van der Waals surface area contributed by atoms with E-state index in [-0.39, 0.29) is 5.60 Å². The number of ether oxygens (including phenoxy) is 1. The van der Waals surface area contributed by atoms with Gasteiger partial charge in [-0.1, -0.05) is 0 Å². The summed E-state index contributed by atoms with van der Waals surface area (Å²) in [4.78, 5) is 2.28. The zero-order valence-electron chi connectivity index (χ0n) is 8.84. The summed E-state index contributed by atoms with van der Waals surface area (Å²) in [6, 6.07) is 0. The minimum Gasteiger partial charge on any atom is -0.474 e. The van der Waals surface area contributed by atoms with Crippen LogP contribution in [0.3, 0.4) is 0 Å². The smallest absolute Gasteiger partial charge is 0.182 e. The molecule has 0 aromatic carbocycles. The fourth-order valence-electron chi connectivity index (χ4n) is 2.02. The molecule has 1 aliphatic carbocycles. The maximum Gasteiger partial charge on any atom is 0.182 e. The van der Waals surface area contributed by atoms with Gasteiger partial charge in [0, 0.05) is 13.1 Å². The molecule has 2 nitrogen and oxygen atoms in total. The summed E-state index contributed by atoms with van der Waals surface area (Å²) in [5.74, 6) is 2.75. The molecule has 2 unspecified atom stereocenters. The molecule has 0 amide bonds. The van der Waals surface area contributed by atoms with Crippen LogP contribution in [0.1, 0.15) is 27.2 Å². The standard InChI is InChI=1S/C11H19NO/c1-8(13-11(2,3)4)12-6-9-5-10(9)7-12/h9-10H,1,5-7H2,2-4H3. The molecule has 2 rings (SSSR count). The molecule has 74 valence electrons. The molecule has 2 atom stereocenters. The first-order valence-corrected chi connectivity index (χ1v) is 5.08. The van der Waals surface area contributed by atoms with Crippen molar-refractivity contribution >= 4 is 0 Å². The number of hydrogen-bond acceptors (Lipinski definition) is 2. The van der Waals surface area contributed by atoms with Crippen molar-refractivity contribution in [2.24, 2.45) is 11.8 Å². The molecule has 0 aromatic rings. The minimum atomic E-state index is -0.107. The number of fused-ring (bicyclic) bond motifs is 1. The number of piperidine rings is 1. The summed E-state index contributed by atoms with van der Waals surface area (Å²) in [5, 5.41) is 0. The number of rotatable bonds is 2. The van der Waals surface area contributed by atoms with E-state index in [1.807, 2.05) is 0 Å². The summed E-state index contributed by atoms with van der Waals surface area (Å²) in [5.41, 5.74) is -0.107. The van der Waals surface area contributed by atoms with E-state index in [4.69, 9.17) is 4.74 Å².